The van der Waals surface area contributed by atoms with Gasteiger partial charge >= 0.3 is 6.03 Å². The van der Waals surface area contributed by atoms with E-state index in [0.29, 0.717) is 31.7 Å². The number of benzene rings is 1. The summed E-state index contributed by atoms with van der Waals surface area (Å²) < 4.78 is 0. The van der Waals surface area contributed by atoms with E-state index in [9.17, 15) is 4.79 Å². The van der Waals surface area contributed by atoms with Crippen LogP contribution in [0.5, 0.6) is 0 Å². The fourth-order valence-corrected chi connectivity index (χ4v) is 2.22. The summed E-state index contributed by atoms with van der Waals surface area (Å²) in [6.07, 6.45) is 0.674. The lowest BCUT2D eigenvalue weighted by Gasteiger charge is -2.22. The van der Waals surface area contributed by atoms with Crippen LogP contribution in [0.3, 0.4) is 0 Å². The Bertz CT molecular complexity index is 547. The molecule has 0 atom stereocenters. The molecule has 0 bridgehead atoms. The first-order valence-electron chi connectivity index (χ1n) is 6.77. The van der Waals surface area contributed by atoms with Gasteiger partial charge in [0.1, 0.15) is 0 Å². The van der Waals surface area contributed by atoms with Crippen LogP contribution in [0, 0.1) is 16.7 Å². The first kappa shape index (κ1) is 14.2. The molecule has 0 unspecified atom stereocenters. The summed E-state index contributed by atoms with van der Waals surface area (Å²) in [6, 6.07) is 9.61. The van der Waals surface area contributed by atoms with Crippen molar-refractivity contribution >= 4 is 17.4 Å². The minimum Gasteiger partial charge on any atom is -0.397 e. The van der Waals surface area contributed by atoms with Gasteiger partial charge in [0.25, 0.3) is 0 Å². The fourth-order valence-electron chi connectivity index (χ4n) is 2.22. The third kappa shape index (κ3) is 2.85. The molecule has 1 fully saturated rings. The Morgan fingerprint density at radius 3 is 2.70 bits per heavy atom. The molecular weight excluding hydrogens is 252 g/mol. The van der Waals surface area contributed by atoms with Gasteiger partial charge in [-0.05, 0) is 32.4 Å². The predicted octanol–water partition coefficient (Wildman–Crippen LogP) is 2.45. The van der Waals surface area contributed by atoms with Gasteiger partial charge < -0.3 is 10.6 Å². The smallest absolute Gasteiger partial charge is 0.324 e. The molecule has 1 aliphatic heterocycles. The monoisotopic (exact) mass is 272 g/mol. The van der Waals surface area contributed by atoms with E-state index in [0.717, 1.165) is 5.69 Å². The number of nitrogens with two attached hydrogens (primary N) is 1. The number of nitrogen functional groups attached to an aromatic ring is 1. The second-order valence-corrected chi connectivity index (χ2v) is 5.73. The molecule has 1 heterocycles. The van der Waals surface area contributed by atoms with Crippen LogP contribution in [-0.2, 0) is 0 Å². The quantitative estimate of drug-likeness (QED) is 0.856. The molecule has 0 aromatic heterocycles. The number of para-hydroxylation sites is 2. The average Bonchev–Trinajstić information content (AvgIpc) is 2.79. The van der Waals surface area contributed by atoms with E-state index >= 15 is 0 Å². The summed E-state index contributed by atoms with van der Waals surface area (Å²) in [6.45, 7) is 5.69. The molecule has 1 aromatic rings. The molecular formula is C15H20N4O. The number of urea groups is 1. The van der Waals surface area contributed by atoms with Gasteiger partial charge in [-0.2, -0.15) is 5.26 Å². The van der Waals surface area contributed by atoms with Crippen LogP contribution in [-0.4, -0.2) is 30.6 Å². The summed E-state index contributed by atoms with van der Waals surface area (Å²) in [5.74, 6) is 0. The molecule has 106 valence electrons. The highest BCUT2D eigenvalue weighted by molar-refractivity contribution is 5.97. The number of carbonyl (C=O) groups is 1. The molecule has 0 saturated carbocycles. The number of nitrogens with zero attached hydrogens (tertiary/aromatic N) is 3. The first-order chi connectivity index (χ1) is 9.44. The summed E-state index contributed by atoms with van der Waals surface area (Å²) in [7, 11) is 0. The summed E-state index contributed by atoms with van der Waals surface area (Å²) in [5, 5.41) is 9.02. The van der Waals surface area contributed by atoms with Gasteiger partial charge in [-0.15, -0.1) is 0 Å². The van der Waals surface area contributed by atoms with Crippen LogP contribution >= 0.6 is 0 Å². The third-order valence-electron chi connectivity index (χ3n) is 3.63. The summed E-state index contributed by atoms with van der Waals surface area (Å²) >= 11 is 0. The van der Waals surface area contributed by atoms with Gasteiger partial charge in [-0.1, -0.05) is 12.1 Å². The largest absolute Gasteiger partial charge is 0.397 e. The molecule has 5 nitrogen and oxygen atoms in total. The molecule has 20 heavy (non-hydrogen) atoms. The second-order valence-electron chi connectivity index (χ2n) is 5.73. The Balaban J connectivity index is 2.04. The zero-order chi connectivity index (χ0) is 14.8. The van der Waals surface area contributed by atoms with Crippen molar-refractivity contribution < 1.29 is 4.79 Å². The van der Waals surface area contributed by atoms with Gasteiger partial charge in [-0.3, -0.25) is 4.90 Å². The number of nitriles is 1. The minimum atomic E-state index is -0.403. The van der Waals surface area contributed by atoms with Crippen molar-refractivity contribution in [3.8, 4) is 6.07 Å². The molecule has 0 spiro atoms. The van der Waals surface area contributed by atoms with Crippen LogP contribution in [0.4, 0.5) is 16.2 Å². The van der Waals surface area contributed by atoms with E-state index < -0.39 is 5.41 Å². The Labute approximate surface area is 119 Å². The van der Waals surface area contributed by atoms with Crippen LogP contribution in [0.1, 0.15) is 20.3 Å². The molecule has 0 radical (unpaired) electrons. The maximum Gasteiger partial charge on any atom is 0.324 e. The molecule has 5 heteroatoms. The second kappa shape index (κ2) is 5.41. The van der Waals surface area contributed by atoms with E-state index in [1.54, 1.807) is 15.9 Å². The van der Waals surface area contributed by atoms with Crippen molar-refractivity contribution in [1.29, 1.82) is 5.26 Å². The van der Waals surface area contributed by atoms with Gasteiger partial charge in [-0.25, -0.2) is 4.79 Å². The zero-order valence-corrected chi connectivity index (χ0v) is 12.0. The van der Waals surface area contributed by atoms with Crippen LogP contribution < -0.4 is 10.6 Å². The van der Waals surface area contributed by atoms with Gasteiger partial charge in [0.05, 0.1) is 22.9 Å². The summed E-state index contributed by atoms with van der Waals surface area (Å²) in [4.78, 5) is 15.9. The number of carbonyl (C=O) groups excluding carboxylic acids is 1. The van der Waals surface area contributed by atoms with Crippen LogP contribution in [0.2, 0.25) is 0 Å². The van der Waals surface area contributed by atoms with Crippen molar-refractivity contribution in [2.24, 2.45) is 5.41 Å². The molecule has 1 aliphatic rings. The lowest BCUT2D eigenvalue weighted by molar-refractivity contribution is 0.215. The Morgan fingerprint density at radius 2 is 2.05 bits per heavy atom. The van der Waals surface area contributed by atoms with Gasteiger partial charge in [0.2, 0.25) is 0 Å². The molecule has 2 rings (SSSR count). The van der Waals surface area contributed by atoms with Crippen LogP contribution in [0.25, 0.3) is 0 Å². The lowest BCUT2D eigenvalue weighted by Crippen LogP contribution is -2.34. The van der Waals surface area contributed by atoms with E-state index in [1.807, 2.05) is 32.0 Å². The van der Waals surface area contributed by atoms with Crippen molar-refractivity contribution in [2.75, 3.05) is 30.3 Å². The Kier molecular flexibility index (Phi) is 3.84. The lowest BCUT2D eigenvalue weighted by atomic mass is 9.91. The average molecular weight is 272 g/mol. The number of hydrogen-bond donors (Lipinski definition) is 1. The van der Waals surface area contributed by atoms with Crippen molar-refractivity contribution in [1.82, 2.24) is 4.90 Å². The topological polar surface area (TPSA) is 73.4 Å². The first-order valence-corrected chi connectivity index (χ1v) is 6.77. The standard InChI is InChI=1S/C15H20N4O/c1-15(2,11-16)7-8-18-9-10-19(14(18)20)13-6-4-3-5-12(13)17/h3-6H,7-10,17H2,1-2H3. The van der Waals surface area contributed by atoms with Crippen molar-refractivity contribution in [2.45, 2.75) is 20.3 Å². The number of rotatable bonds is 4. The number of hydrogen-bond acceptors (Lipinski definition) is 3. The van der Waals surface area contributed by atoms with Gasteiger partial charge in [0.15, 0.2) is 0 Å². The normalized spacial score (nSPS) is 15.6. The number of anilines is 2. The van der Waals surface area contributed by atoms with E-state index in [-0.39, 0.29) is 6.03 Å². The molecule has 0 aliphatic carbocycles. The molecule has 2 amide bonds. The fraction of sp³-hybridized carbons (Fsp3) is 0.467. The Hall–Kier alpha value is -2.22. The number of amides is 2. The highest BCUT2D eigenvalue weighted by atomic mass is 16.2. The molecule has 1 saturated heterocycles. The Morgan fingerprint density at radius 1 is 1.35 bits per heavy atom. The SMILES string of the molecule is CC(C)(C#N)CCN1CCN(c2ccccc2N)C1=O. The highest BCUT2D eigenvalue weighted by Crippen LogP contribution is 2.27. The van der Waals surface area contributed by atoms with Gasteiger partial charge in [0, 0.05) is 19.6 Å². The predicted molar refractivity (Wildman–Crippen MR) is 79.2 cm³/mol. The van der Waals surface area contributed by atoms with Crippen molar-refractivity contribution in [3.05, 3.63) is 24.3 Å². The molecule has 1 aromatic carbocycles. The van der Waals surface area contributed by atoms with E-state index in [4.69, 9.17) is 11.0 Å². The highest BCUT2D eigenvalue weighted by Gasteiger charge is 2.31. The van der Waals surface area contributed by atoms with E-state index in [1.165, 1.54) is 0 Å². The van der Waals surface area contributed by atoms with E-state index in [2.05, 4.69) is 6.07 Å². The van der Waals surface area contributed by atoms with Crippen LogP contribution in [0.15, 0.2) is 24.3 Å². The molecule has 2 N–H and O–H groups in total. The minimum absolute atomic E-state index is 0.0309. The maximum absolute atomic E-state index is 12.4. The third-order valence-corrected chi connectivity index (χ3v) is 3.63. The zero-order valence-electron chi connectivity index (χ0n) is 12.0. The maximum atomic E-state index is 12.4. The van der Waals surface area contributed by atoms with Crippen molar-refractivity contribution in [3.63, 3.8) is 0 Å². The summed E-state index contributed by atoms with van der Waals surface area (Å²) in [5.41, 5.74) is 6.89.